The fraction of sp³-hybridized carbons (Fsp3) is 0.923. The summed E-state index contributed by atoms with van der Waals surface area (Å²) in [5, 5.41) is 10.1. The van der Waals surface area contributed by atoms with Crippen molar-refractivity contribution in [1.29, 1.82) is 0 Å². The second-order valence-electron chi connectivity index (χ2n) is 9.53. The van der Waals surface area contributed by atoms with Crippen molar-refractivity contribution >= 4 is 19.6 Å². The molecule has 2 unspecified atom stereocenters. The molecule has 33 heavy (non-hydrogen) atoms. The van der Waals surface area contributed by atoms with Gasteiger partial charge in [-0.3, -0.25) is 9.59 Å². The van der Waals surface area contributed by atoms with Gasteiger partial charge in [-0.1, -0.05) is 121 Å². The van der Waals surface area contributed by atoms with Crippen LogP contribution in [-0.2, 0) is 14.2 Å². The van der Waals surface area contributed by atoms with E-state index in [1.54, 1.807) is 0 Å². The number of rotatable bonds is 24. The number of unbranched alkanes of at least 4 members (excludes halogenated alkanes) is 16. The van der Waals surface area contributed by atoms with Crippen molar-refractivity contribution < 1.29 is 24.2 Å². The Kier molecular flexibility index (Phi) is 20.2. The number of Topliss-reactive ketones (excluding diaryl/α,β-unsaturated/α-hetero) is 2. The number of nitrogens with two attached hydrogens (primary N) is 1. The minimum absolute atomic E-state index is 0.0239. The monoisotopic (exact) mass is 487 g/mol. The molecule has 194 valence electrons. The SMILES string of the molecule is CCCCCCCCCCCC(=O)C(N)(C(=O)CCCCCCCCCCC)C(O)[P+](=O)[O-]. The molecule has 0 aromatic heterocycles. The molecular weight excluding hydrogens is 437 g/mol. The molecule has 0 radical (unpaired) electrons. The molecule has 0 aliphatic rings. The van der Waals surface area contributed by atoms with Crippen molar-refractivity contribution in [3.63, 3.8) is 0 Å². The Hall–Kier alpha value is -0.680. The Morgan fingerprint density at radius 1 is 0.697 bits per heavy atom. The third-order valence-corrected chi connectivity index (χ3v) is 7.35. The summed E-state index contributed by atoms with van der Waals surface area (Å²) in [6, 6.07) is 0. The summed E-state index contributed by atoms with van der Waals surface area (Å²) in [6.45, 7) is 4.38. The van der Waals surface area contributed by atoms with Crippen molar-refractivity contribution in [2.75, 3.05) is 0 Å². The minimum Gasteiger partial charge on any atom is -0.593 e. The molecule has 0 amide bonds. The maximum atomic E-state index is 12.7. The van der Waals surface area contributed by atoms with Crippen molar-refractivity contribution in [1.82, 2.24) is 0 Å². The van der Waals surface area contributed by atoms with Gasteiger partial charge in [0.1, 0.15) is 0 Å². The highest BCUT2D eigenvalue weighted by atomic mass is 31.1. The van der Waals surface area contributed by atoms with Gasteiger partial charge in [0.2, 0.25) is 5.54 Å². The van der Waals surface area contributed by atoms with Gasteiger partial charge in [-0.05, 0) is 12.8 Å². The minimum atomic E-state index is -3.39. The van der Waals surface area contributed by atoms with Crippen molar-refractivity contribution in [3.8, 4) is 0 Å². The van der Waals surface area contributed by atoms with E-state index in [-0.39, 0.29) is 12.8 Å². The van der Waals surface area contributed by atoms with Crippen molar-refractivity contribution in [2.45, 2.75) is 154 Å². The van der Waals surface area contributed by atoms with Crippen molar-refractivity contribution in [3.05, 3.63) is 0 Å². The second kappa shape index (κ2) is 20.7. The number of hydrogen-bond acceptors (Lipinski definition) is 6. The number of carbonyl (C=O) groups excluding carboxylic acids is 2. The summed E-state index contributed by atoms with van der Waals surface area (Å²) in [5.41, 5.74) is 3.68. The lowest BCUT2D eigenvalue weighted by Gasteiger charge is -2.26. The predicted octanol–water partition coefficient (Wildman–Crippen LogP) is 6.09. The summed E-state index contributed by atoms with van der Waals surface area (Å²) in [5.74, 6) is -3.47. The van der Waals surface area contributed by atoms with E-state index in [9.17, 15) is 24.2 Å². The molecule has 0 aromatic carbocycles. The van der Waals surface area contributed by atoms with Crippen LogP contribution < -0.4 is 10.6 Å². The third kappa shape index (κ3) is 14.3. The van der Waals surface area contributed by atoms with E-state index in [1.165, 1.54) is 64.2 Å². The fourth-order valence-corrected chi connectivity index (χ4v) is 4.84. The highest BCUT2D eigenvalue weighted by Gasteiger charge is 2.53. The quantitative estimate of drug-likeness (QED) is 0.0966. The molecular formula is C26H50NO5P. The first-order valence-corrected chi connectivity index (χ1v) is 14.7. The van der Waals surface area contributed by atoms with Crippen LogP contribution in [0.2, 0.25) is 0 Å². The molecule has 6 nitrogen and oxygen atoms in total. The fourth-order valence-electron chi connectivity index (χ4n) is 4.22. The van der Waals surface area contributed by atoms with E-state index in [0.29, 0.717) is 12.8 Å². The lowest BCUT2D eigenvalue weighted by Crippen LogP contribution is -2.62. The molecule has 0 saturated heterocycles. The summed E-state index contributed by atoms with van der Waals surface area (Å²) in [6.07, 6.45) is 19.4. The highest BCUT2D eigenvalue weighted by molar-refractivity contribution is 7.37. The number of ketones is 2. The van der Waals surface area contributed by atoms with E-state index < -0.39 is 31.0 Å². The molecule has 3 N–H and O–H groups in total. The van der Waals surface area contributed by atoms with Crippen LogP contribution in [0, 0.1) is 0 Å². The van der Waals surface area contributed by atoms with Crippen LogP contribution in [0.25, 0.3) is 0 Å². The normalized spacial score (nSPS) is 13.2. The first-order chi connectivity index (χ1) is 15.8. The predicted molar refractivity (Wildman–Crippen MR) is 134 cm³/mol. The Morgan fingerprint density at radius 2 is 0.970 bits per heavy atom. The molecule has 0 heterocycles. The van der Waals surface area contributed by atoms with Crippen LogP contribution in [0.1, 0.15) is 142 Å². The molecule has 0 saturated carbocycles. The number of carbonyl (C=O) groups is 2. The molecule has 0 fully saturated rings. The first-order valence-electron chi connectivity index (χ1n) is 13.5. The Bertz CT molecular complexity index is 507. The second-order valence-corrected chi connectivity index (χ2v) is 10.6. The summed E-state index contributed by atoms with van der Waals surface area (Å²) in [7, 11) is -3.39. The van der Waals surface area contributed by atoms with E-state index in [4.69, 9.17) is 5.73 Å². The molecule has 0 bridgehead atoms. The molecule has 0 rings (SSSR count). The van der Waals surface area contributed by atoms with Crippen LogP contribution in [-0.4, -0.2) is 28.1 Å². The Labute approximate surface area is 203 Å². The van der Waals surface area contributed by atoms with Gasteiger partial charge in [0.15, 0.2) is 11.6 Å². The van der Waals surface area contributed by atoms with Gasteiger partial charge in [0, 0.05) is 12.8 Å². The Morgan fingerprint density at radius 3 is 1.24 bits per heavy atom. The number of hydrogen-bond donors (Lipinski definition) is 2. The van der Waals surface area contributed by atoms with Gasteiger partial charge >= 0.3 is 8.03 Å². The summed E-state index contributed by atoms with van der Waals surface area (Å²) < 4.78 is 11.4. The van der Waals surface area contributed by atoms with Crippen LogP contribution in [0.3, 0.4) is 0 Å². The van der Waals surface area contributed by atoms with E-state index >= 15 is 0 Å². The van der Waals surface area contributed by atoms with Gasteiger partial charge in [0.05, 0.1) is 0 Å². The standard InChI is InChI=1S/C26H50NO5P/c1-3-5-7-9-11-13-15-17-19-21-23(28)26(27,25(30)33(31)32)24(29)22-20-18-16-14-12-10-8-6-4-2/h25,30H,3-22,27H2,1-2H3. The van der Waals surface area contributed by atoms with E-state index in [0.717, 1.165) is 38.5 Å². The molecule has 2 atom stereocenters. The third-order valence-electron chi connectivity index (χ3n) is 6.54. The topological polar surface area (TPSA) is 121 Å². The Balaban J connectivity index is 4.39. The van der Waals surface area contributed by atoms with Gasteiger partial charge < -0.3 is 15.7 Å². The van der Waals surface area contributed by atoms with Gasteiger partial charge in [-0.2, -0.15) is 0 Å². The zero-order valence-electron chi connectivity index (χ0n) is 21.3. The maximum Gasteiger partial charge on any atom is 0.344 e. The smallest absolute Gasteiger partial charge is 0.344 e. The molecule has 0 spiro atoms. The molecule has 0 aromatic rings. The molecule has 0 aliphatic heterocycles. The van der Waals surface area contributed by atoms with Gasteiger partial charge in [0.25, 0.3) is 5.85 Å². The number of aliphatic hydroxyl groups is 1. The average molecular weight is 488 g/mol. The van der Waals surface area contributed by atoms with Crippen LogP contribution in [0.4, 0.5) is 0 Å². The molecule has 0 aliphatic carbocycles. The van der Waals surface area contributed by atoms with E-state index in [2.05, 4.69) is 13.8 Å². The van der Waals surface area contributed by atoms with E-state index in [1.807, 2.05) is 0 Å². The first kappa shape index (κ1) is 32.3. The number of aliphatic hydroxyl groups excluding tert-OH is 1. The summed E-state index contributed by atoms with van der Waals surface area (Å²) >= 11 is 0. The lowest BCUT2D eigenvalue weighted by molar-refractivity contribution is -0.176. The summed E-state index contributed by atoms with van der Waals surface area (Å²) in [4.78, 5) is 36.9. The van der Waals surface area contributed by atoms with Crippen LogP contribution >= 0.6 is 8.03 Å². The zero-order valence-corrected chi connectivity index (χ0v) is 22.2. The van der Waals surface area contributed by atoms with Crippen LogP contribution in [0.5, 0.6) is 0 Å². The highest BCUT2D eigenvalue weighted by Crippen LogP contribution is 2.29. The molecule has 7 heteroatoms. The van der Waals surface area contributed by atoms with Gasteiger partial charge in [-0.25, -0.2) is 0 Å². The lowest BCUT2D eigenvalue weighted by atomic mass is 9.85. The van der Waals surface area contributed by atoms with Crippen molar-refractivity contribution in [2.24, 2.45) is 5.73 Å². The largest absolute Gasteiger partial charge is 0.593 e. The average Bonchev–Trinajstić information content (AvgIpc) is 2.80. The zero-order chi connectivity index (χ0) is 25.0. The maximum absolute atomic E-state index is 12.7. The van der Waals surface area contributed by atoms with Gasteiger partial charge in [-0.15, -0.1) is 0 Å². The van der Waals surface area contributed by atoms with Crippen LogP contribution in [0.15, 0.2) is 0 Å².